The molecule has 0 unspecified atom stereocenters. The van der Waals surface area contributed by atoms with Crippen LogP contribution in [0, 0.1) is 5.92 Å². The Morgan fingerprint density at radius 2 is 2.00 bits per heavy atom. The molecule has 0 radical (unpaired) electrons. The smallest absolute Gasteiger partial charge is 0.165 e. The van der Waals surface area contributed by atoms with Gasteiger partial charge in [0.25, 0.3) is 0 Å². The second-order valence-electron chi connectivity index (χ2n) is 5.88. The summed E-state index contributed by atoms with van der Waals surface area (Å²) in [7, 11) is 2.03. The molecular weight excluding hydrogens is 240 g/mol. The van der Waals surface area contributed by atoms with Gasteiger partial charge in [-0.1, -0.05) is 0 Å². The highest BCUT2D eigenvalue weighted by molar-refractivity contribution is 4.91. The Bertz CT molecular complexity index is 392. The van der Waals surface area contributed by atoms with Crippen molar-refractivity contribution in [1.82, 2.24) is 30.4 Å². The standard InChI is InChI=1S/C13H24N6/c1-14-7-4-11-5-8-18(9-6-11)10-13-15-16-17-19(13)12-2-3-12/h11-12,14H,2-10H2,1H3. The molecule has 0 aromatic carbocycles. The molecule has 3 rings (SSSR count). The van der Waals surface area contributed by atoms with E-state index in [1.165, 1.54) is 45.2 Å². The second-order valence-corrected chi connectivity index (χ2v) is 5.88. The highest BCUT2D eigenvalue weighted by Crippen LogP contribution is 2.34. The van der Waals surface area contributed by atoms with E-state index in [4.69, 9.17) is 0 Å². The van der Waals surface area contributed by atoms with E-state index < -0.39 is 0 Å². The molecule has 6 nitrogen and oxygen atoms in total. The summed E-state index contributed by atoms with van der Waals surface area (Å²) in [4.78, 5) is 2.50. The molecule has 6 heteroatoms. The lowest BCUT2D eigenvalue weighted by Crippen LogP contribution is -2.34. The van der Waals surface area contributed by atoms with Gasteiger partial charge in [0.15, 0.2) is 5.82 Å². The summed E-state index contributed by atoms with van der Waals surface area (Å²) in [5.74, 6) is 1.94. The van der Waals surface area contributed by atoms with Crippen molar-refractivity contribution in [2.45, 2.75) is 44.7 Å². The Labute approximate surface area is 114 Å². The number of nitrogens with zero attached hydrogens (tertiary/aromatic N) is 5. The summed E-state index contributed by atoms with van der Waals surface area (Å²) >= 11 is 0. The Kier molecular flexibility index (Phi) is 4.08. The highest BCUT2D eigenvalue weighted by Gasteiger charge is 2.29. The minimum atomic E-state index is 0.582. The van der Waals surface area contributed by atoms with Crippen molar-refractivity contribution < 1.29 is 0 Å². The molecule has 106 valence electrons. The number of hydrogen-bond donors (Lipinski definition) is 1. The SMILES string of the molecule is CNCCC1CCN(Cc2nnnn2C2CC2)CC1. The number of nitrogens with one attached hydrogen (secondary N) is 1. The van der Waals surface area contributed by atoms with Gasteiger partial charge in [-0.2, -0.15) is 0 Å². The van der Waals surface area contributed by atoms with Gasteiger partial charge in [-0.15, -0.1) is 5.10 Å². The van der Waals surface area contributed by atoms with Gasteiger partial charge in [0, 0.05) is 0 Å². The molecule has 0 bridgehead atoms. The molecule has 1 aromatic rings. The molecule has 0 spiro atoms. The molecule has 1 saturated carbocycles. The average Bonchev–Trinajstić information content (AvgIpc) is 3.19. The van der Waals surface area contributed by atoms with Gasteiger partial charge in [-0.05, 0) is 75.1 Å². The molecule has 1 aromatic heterocycles. The van der Waals surface area contributed by atoms with Crippen molar-refractivity contribution in [1.29, 1.82) is 0 Å². The van der Waals surface area contributed by atoms with E-state index >= 15 is 0 Å². The summed E-state index contributed by atoms with van der Waals surface area (Å²) in [6, 6.07) is 0.582. The minimum Gasteiger partial charge on any atom is -0.320 e. The Hall–Kier alpha value is -1.01. The van der Waals surface area contributed by atoms with Crippen LogP contribution < -0.4 is 5.32 Å². The van der Waals surface area contributed by atoms with Crippen molar-refractivity contribution in [2.24, 2.45) is 5.92 Å². The lowest BCUT2D eigenvalue weighted by Gasteiger charge is -2.31. The fourth-order valence-electron chi connectivity index (χ4n) is 2.90. The van der Waals surface area contributed by atoms with Crippen molar-refractivity contribution in [2.75, 3.05) is 26.7 Å². The molecular formula is C13H24N6. The molecule has 1 aliphatic heterocycles. The fraction of sp³-hybridized carbons (Fsp3) is 0.923. The summed E-state index contributed by atoms with van der Waals surface area (Å²) < 4.78 is 2.03. The van der Waals surface area contributed by atoms with E-state index in [0.717, 1.165) is 24.8 Å². The number of tetrazole rings is 1. The largest absolute Gasteiger partial charge is 0.320 e. The van der Waals surface area contributed by atoms with Gasteiger partial charge in [0.1, 0.15) is 0 Å². The Morgan fingerprint density at radius 3 is 2.68 bits per heavy atom. The Balaban J connectivity index is 1.47. The zero-order valence-electron chi connectivity index (χ0n) is 11.8. The van der Waals surface area contributed by atoms with Crippen LogP contribution in [-0.4, -0.2) is 51.8 Å². The van der Waals surface area contributed by atoms with E-state index in [-0.39, 0.29) is 0 Å². The predicted molar refractivity (Wildman–Crippen MR) is 72.6 cm³/mol. The fourth-order valence-corrected chi connectivity index (χ4v) is 2.90. The third-order valence-corrected chi connectivity index (χ3v) is 4.33. The molecule has 2 aliphatic rings. The van der Waals surface area contributed by atoms with E-state index in [2.05, 4.69) is 25.7 Å². The average molecular weight is 264 g/mol. The first kappa shape index (κ1) is 13.0. The first-order valence-electron chi connectivity index (χ1n) is 7.50. The lowest BCUT2D eigenvalue weighted by molar-refractivity contribution is 0.166. The summed E-state index contributed by atoms with van der Waals surface area (Å²) in [6.45, 7) is 4.44. The van der Waals surface area contributed by atoms with Crippen LogP contribution in [0.5, 0.6) is 0 Å². The monoisotopic (exact) mass is 264 g/mol. The quantitative estimate of drug-likeness (QED) is 0.824. The van der Waals surface area contributed by atoms with Crippen molar-refractivity contribution in [3.63, 3.8) is 0 Å². The molecule has 0 atom stereocenters. The van der Waals surface area contributed by atoms with Gasteiger partial charge in [0.05, 0.1) is 12.6 Å². The summed E-state index contributed by atoms with van der Waals surface area (Å²) in [5, 5.41) is 15.4. The lowest BCUT2D eigenvalue weighted by atomic mass is 9.93. The number of likely N-dealkylation sites (tertiary alicyclic amines) is 1. The van der Waals surface area contributed by atoms with Crippen LogP contribution in [0.2, 0.25) is 0 Å². The predicted octanol–water partition coefficient (Wildman–Crippen LogP) is 0.829. The Morgan fingerprint density at radius 1 is 1.21 bits per heavy atom. The molecule has 0 amide bonds. The minimum absolute atomic E-state index is 0.582. The van der Waals surface area contributed by atoms with Crippen LogP contribution in [0.3, 0.4) is 0 Å². The topological polar surface area (TPSA) is 58.9 Å². The van der Waals surface area contributed by atoms with Gasteiger partial charge in [-0.3, -0.25) is 4.90 Å². The maximum absolute atomic E-state index is 4.19. The third-order valence-electron chi connectivity index (χ3n) is 4.33. The molecule has 2 heterocycles. The van der Waals surface area contributed by atoms with Crippen molar-refractivity contribution >= 4 is 0 Å². The normalized spacial score (nSPS) is 21.9. The van der Waals surface area contributed by atoms with Crippen molar-refractivity contribution in [3.8, 4) is 0 Å². The van der Waals surface area contributed by atoms with Crippen LogP contribution in [0.25, 0.3) is 0 Å². The van der Waals surface area contributed by atoms with Gasteiger partial charge < -0.3 is 5.32 Å². The zero-order chi connectivity index (χ0) is 13.1. The third kappa shape index (κ3) is 3.30. The van der Waals surface area contributed by atoms with E-state index in [1.807, 2.05) is 11.7 Å². The molecule has 1 N–H and O–H groups in total. The number of hydrogen-bond acceptors (Lipinski definition) is 5. The van der Waals surface area contributed by atoms with Gasteiger partial charge in [-0.25, -0.2) is 4.68 Å². The van der Waals surface area contributed by atoms with Gasteiger partial charge >= 0.3 is 0 Å². The van der Waals surface area contributed by atoms with Gasteiger partial charge in [0.2, 0.25) is 0 Å². The van der Waals surface area contributed by atoms with E-state index in [0.29, 0.717) is 6.04 Å². The number of rotatable bonds is 6. The second kappa shape index (κ2) is 5.96. The first-order chi connectivity index (χ1) is 9.36. The molecule has 1 aliphatic carbocycles. The summed E-state index contributed by atoms with van der Waals surface area (Å²) in [6.07, 6.45) is 6.41. The van der Waals surface area contributed by atoms with Crippen LogP contribution >= 0.6 is 0 Å². The van der Waals surface area contributed by atoms with Crippen LogP contribution in [0.1, 0.15) is 44.0 Å². The zero-order valence-corrected chi connectivity index (χ0v) is 11.8. The summed E-state index contributed by atoms with van der Waals surface area (Å²) in [5.41, 5.74) is 0. The van der Waals surface area contributed by atoms with E-state index in [9.17, 15) is 0 Å². The first-order valence-corrected chi connectivity index (χ1v) is 7.50. The highest BCUT2D eigenvalue weighted by atomic mass is 15.6. The maximum atomic E-state index is 4.19. The van der Waals surface area contributed by atoms with E-state index in [1.54, 1.807) is 0 Å². The van der Waals surface area contributed by atoms with Crippen molar-refractivity contribution in [3.05, 3.63) is 5.82 Å². The molecule has 2 fully saturated rings. The molecule has 1 saturated heterocycles. The number of aromatic nitrogens is 4. The number of piperidine rings is 1. The van der Waals surface area contributed by atoms with Crippen LogP contribution in [0.15, 0.2) is 0 Å². The van der Waals surface area contributed by atoms with Crippen LogP contribution in [0.4, 0.5) is 0 Å². The molecule has 19 heavy (non-hydrogen) atoms. The van der Waals surface area contributed by atoms with Crippen LogP contribution in [-0.2, 0) is 6.54 Å². The maximum Gasteiger partial charge on any atom is 0.165 e.